The number of carbonyl (C=O) groups is 1. The summed E-state index contributed by atoms with van der Waals surface area (Å²) in [5.74, 6) is 0.133. The standard InChI is InChI=1S/C15H19Cl2NO3S/c1-2-6-18(13-5-7-22(20,21)10-13)15(19)8-11-3-4-12(16)9-14(11)17/h3-4,9,13H,2,5-8,10H2,1H3. The van der Waals surface area contributed by atoms with Crippen molar-refractivity contribution < 1.29 is 13.2 Å². The number of sulfone groups is 1. The molecule has 0 N–H and O–H groups in total. The molecule has 0 aliphatic carbocycles. The van der Waals surface area contributed by atoms with E-state index in [1.807, 2.05) is 6.92 Å². The van der Waals surface area contributed by atoms with Crippen LogP contribution in [-0.2, 0) is 21.1 Å². The van der Waals surface area contributed by atoms with Gasteiger partial charge >= 0.3 is 0 Å². The lowest BCUT2D eigenvalue weighted by molar-refractivity contribution is -0.132. The molecule has 0 spiro atoms. The molecule has 1 aromatic carbocycles. The fraction of sp³-hybridized carbons (Fsp3) is 0.533. The lowest BCUT2D eigenvalue weighted by atomic mass is 10.1. The van der Waals surface area contributed by atoms with E-state index in [2.05, 4.69) is 0 Å². The van der Waals surface area contributed by atoms with E-state index >= 15 is 0 Å². The molecule has 122 valence electrons. The van der Waals surface area contributed by atoms with E-state index < -0.39 is 9.84 Å². The van der Waals surface area contributed by atoms with Crippen LogP contribution in [-0.4, -0.2) is 43.3 Å². The third-order valence-corrected chi connectivity index (χ3v) is 6.13. The summed E-state index contributed by atoms with van der Waals surface area (Å²) >= 11 is 12.0. The molecular weight excluding hydrogens is 345 g/mol. The SMILES string of the molecule is CCCN(C(=O)Cc1ccc(Cl)cc1Cl)C1CCS(=O)(=O)C1. The van der Waals surface area contributed by atoms with E-state index in [4.69, 9.17) is 23.2 Å². The summed E-state index contributed by atoms with van der Waals surface area (Å²) in [5, 5.41) is 0.977. The molecular formula is C15H19Cl2NO3S. The van der Waals surface area contributed by atoms with Crippen LogP contribution in [0.25, 0.3) is 0 Å². The Morgan fingerprint density at radius 2 is 2.09 bits per heavy atom. The lowest BCUT2D eigenvalue weighted by Gasteiger charge is -2.28. The van der Waals surface area contributed by atoms with Gasteiger partial charge in [0.1, 0.15) is 0 Å². The van der Waals surface area contributed by atoms with E-state index in [0.29, 0.717) is 28.6 Å². The molecule has 0 bridgehead atoms. The van der Waals surface area contributed by atoms with Crippen LogP contribution in [0, 0.1) is 0 Å². The smallest absolute Gasteiger partial charge is 0.227 e. The van der Waals surface area contributed by atoms with Crippen LogP contribution < -0.4 is 0 Å². The molecule has 4 nitrogen and oxygen atoms in total. The van der Waals surface area contributed by atoms with E-state index in [9.17, 15) is 13.2 Å². The van der Waals surface area contributed by atoms with Crippen LogP contribution in [0.15, 0.2) is 18.2 Å². The predicted molar refractivity (Wildman–Crippen MR) is 89.2 cm³/mol. The maximum atomic E-state index is 12.6. The van der Waals surface area contributed by atoms with Gasteiger partial charge in [-0.15, -0.1) is 0 Å². The van der Waals surface area contributed by atoms with Crippen molar-refractivity contribution in [1.82, 2.24) is 4.90 Å². The normalized spacial score (nSPS) is 20.0. The molecule has 1 unspecified atom stereocenters. The van der Waals surface area contributed by atoms with Gasteiger partial charge in [0, 0.05) is 22.6 Å². The predicted octanol–water partition coefficient (Wildman–Crippen LogP) is 2.96. The lowest BCUT2D eigenvalue weighted by Crippen LogP contribution is -2.42. The molecule has 0 radical (unpaired) electrons. The van der Waals surface area contributed by atoms with Crippen molar-refractivity contribution in [3.05, 3.63) is 33.8 Å². The molecule has 0 saturated carbocycles. The maximum absolute atomic E-state index is 12.6. The Labute approximate surface area is 141 Å². The summed E-state index contributed by atoms with van der Waals surface area (Å²) in [7, 11) is -3.02. The second kappa shape index (κ2) is 7.20. The molecule has 0 aromatic heterocycles. The summed E-state index contributed by atoms with van der Waals surface area (Å²) in [6.45, 7) is 2.53. The van der Waals surface area contributed by atoms with Crippen LogP contribution in [0.3, 0.4) is 0 Å². The van der Waals surface area contributed by atoms with Gasteiger partial charge in [0.25, 0.3) is 0 Å². The van der Waals surface area contributed by atoms with E-state index in [0.717, 1.165) is 6.42 Å². The molecule has 1 saturated heterocycles. The molecule has 7 heteroatoms. The zero-order valence-corrected chi connectivity index (χ0v) is 14.7. The van der Waals surface area contributed by atoms with Crippen LogP contribution >= 0.6 is 23.2 Å². The number of carbonyl (C=O) groups excluding carboxylic acids is 1. The molecule has 1 aromatic rings. The first-order valence-corrected chi connectivity index (χ1v) is 9.84. The summed E-state index contributed by atoms with van der Waals surface area (Å²) in [6.07, 6.45) is 1.46. The topological polar surface area (TPSA) is 54.5 Å². The first-order chi connectivity index (χ1) is 10.3. The van der Waals surface area contributed by atoms with Gasteiger partial charge in [-0.1, -0.05) is 36.2 Å². The number of hydrogen-bond donors (Lipinski definition) is 0. The van der Waals surface area contributed by atoms with Crippen molar-refractivity contribution in [2.75, 3.05) is 18.1 Å². The van der Waals surface area contributed by atoms with Gasteiger partial charge in [0.2, 0.25) is 5.91 Å². The third kappa shape index (κ3) is 4.37. The van der Waals surface area contributed by atoms with Crippen LogP contribution in [0.5, 0.6) is 0 Å². The Balaban J connectivity index is 2.13. The van der Waals surface area contributed by atoms with Crippen molar-refractivity contribution >= 4 is 38.9 Å². The maximum Gasteiger partial charge on any atom is 0.227 e. The van der Waals surface area contributed by atoms with Crippen molar-refractivity contribution in [3.8, 4) is 0 Å². The second-order valence-corrected chi connectivity index (χ2v) is 8.63. The van der Waals surface area contributed by atoms with Gasteiger partial charge in [0.15, 0.2) is 9.84 Å². The summed E-state index contributed by atoms with van der Waals surface area (Å²) in [5.41, 5.74) is 0.707. The van der Waals surface area contributed by atoms with Crippen molar-refractivity contribution in [2.24, 2.45) is 0 Å². The van der Waals surface area contributed by atoms with E-state index in [1.165, 1.54) is 0 Å². The van der Waals surface area contributed by atoms with Gasteiger partial charge < -0.3 is 4.90 Å². The highest BCUT2D eigenvalue weighted by Gasteiger charge is 2.34. The fourth-order valence-corrected chi connectivity index (χ4v) is 4.91. The summed E-state index contributed by atoms with van der Waals surface area (Å²) < 4.78 is 23.3. The second-order valence-electron chi connectivity index (χ2n) is 5.56. The fourth-order valence-electron chi connectivity index (χ4n) is 2.70. The monoisotopic (exact) mass is 363 g/mol. The van der Waals surface area contributed by atoms with Gasteiger partial charge in [-0.25, -0.2) is 8.42 Å². The molecule has 1 fully saturated rings. The van der Waals surface area contributed by atoms with Gasteiger partial charge in [-0.05, 0) is 30.5 Å². The Bertz CT molecular complexity index is 661. The highest BCUT2D eigenvalue weighted by Crippen LogP contribution is 2.24. The first-order valence-electron chi connectivity index (χ1n) is 7.26. The zero-order valence-electron chi connectivity index (χ0n) is 12.4. The molecule has 1 aliphatic rings. The van der Waals surface area contributed by atoms with Crippen LogP contribution in [0.4, 0.5) is 0 Å². The first kappa shape index (κ1) is 17.6. The number of amides is 1. The minimum Gasteiger partial charge on any atom is -0.338 e. The van der Waals surface area contributed by atoms with Gasteiger partial charge in [0.05, 0.1) is 17.9 Å². The largest absolute Gasteiger partial charge is 0.338 e. The summed E-state index contributed by atoms with van der Waals surface area (Å²) in [6, 6.07) is 4.82. The minimum atomic E-state index is -3.02. The Morgan fingerprint density at radius 3 is 2.64 bits per heavy atom. The molecule has 1 amide bonds. The molecule has 1 aliphatic heterocycles. The average Bonchev–Trinajstić information content (AvgIpc) is 2.79. The average molecular weight is 364 g/mol. The van der Waals surface area contributed by atoms with Crippen LogP contribution in [0.2, 0.25) is 10.0 Å². The Morgan fingerprint density at radius 1 is 1.36 bits per heavy atom. The number of benzene rings is 1. The highest BCUT2D eigenvalue weighted by atomic mass is 35.5. The number of halogens is 2. The van der Waals surface area contributed by atoms with Gasteiger partial charge in [-0.2, -0.15) is 0 Å². The highest BCUT2D eigenvalue weighted by molar-refractivity contribution is 7.91. The summed E-state index contributed by atoms with van der Waals surface area (Å²) in [4.78, 5) is 14.3. The number of rotatable bonds is 5. The molecule has 1 heterocycles. The van der Waals surface area contributed by atoms with Crippen LogP contribution in [0.1, 0.15) is 25.3 Å². The molecule has 2 rings (SSSR count). The van der Waals surface area contributed by atoms with Crippen molar-refractivity contribution in [3.63, 3.8) is 0 Å². The Hall–Kier alpha value is -0.780. The molecule has 22 heavy (non-hydrogen) atoms. The van der Waals surface area contributed by atoms with Gasteiger partial charge in [-0.3, -0.25) is 4.79 Å². The van der Waals surface area contributed by atoms with E-state index in [-0.39, 0.29) is 29.9 Å². The number of nitrogens with zero attached hydrogens (tertiary/aromatic N) is 1. The van der Waals surface area contributed by atoms with E-state index in [1.54, 1.807) is 23.1 Å². The van der Waals surface area contributed by atoms with Crippen molar-refractivity contribution in [2.45, 2.75) is 32.2 Å². The quantitative estimate of drug-likeness (QED) is 0.807. The minimum absolute atomic E-state index is 0.0626. The number of hydrogen-bond acceptors (Lipinski definition) is 3. The third-order valence-electron chi connectivity index (χ3n) is 3.79. The zero-order chi connectivity index (χ0) is 16.3. The Kier molecular flexibility index (Phi) is 5.75. The van der Waals surface area contributed by atoms with Crippen molar-refractivity contribution in [1.29, 1.82) is 0 Å². The molecule has 1 atom stereocenters.